The number of aromatic nitrogens is 4. The lowest BCUT2D eigenvalue weighted by Crippen LogP contribution is -2.26. The van der Waals surface area contributed by atoms with Gasteiger partial charge in [0.15, 0.2) is 0 Å². The average Bonchev–Trinajstić information content (AvgIpc) is 2.87. The second kappa shape index (κ2) is 5.26. The molecule has 1 heterocycles. The SMILES string of the molecule is CC(Cn1nnc(-c2ccccc2)n1)/C(N)=N/O. The molecule has 2 aromatic rings. The fourth-order valence-electron chi connectivity index (χ4n) is 1.46. The van der Waals surface area contributed by atoms with Gasteiger partial charge in [0, 0.05) is 11.5 Å². The summed E-state index contributed by atoms with van der Waals surface area (Å²) in [6, 6.07) is 9.57. The third kappa shape index (κ3) is 2.62. The van der Waals surface area contributed by atoms with E-state index < -0.39 is 0 Å². The van der Waals surface area contributed by atoms with Crippen molar-refractivity contribution in [2.75, 3.05) is 0 Å². The van der Waals surface area contributed by atoms with Crippen molar-refractivity contribution in [3.63, 3.8) is 0 Å². The van der Waals surface area contributed by atoms with Gasteiger partial charge in [0.2, 0.25) is 5.82 Å². The summed E-state index contributed by atoms with van der Waals surface area (Å²) in [5.74, 6) is 0.545. The van der Waals surface area contributed by atoms with Gasteiger partial charge in [-0.05, 0) is 5.21 Å². The van der Waals surface area contributed by atoms with E-state index in [1.54, 1.807) is 0 Å². The van der Waals surface area contributed by atoms with Crippen molar-refractivity contribution in [2.45, 2.75) is 13.5 Å². The predicted octanol–water partition coefficient (Wildman–Crippen LogP) is 0.723. The van der Waals surface area contributed by atoms with Gasteiger partial charge in [-0.15, -0.1) is 10.2 Å². The van der Waals surface area contributed by atoms with Crippen molar-refractivity contribution in [2.24, 2.45) is 16.8 Å². The van der Waals surface area contributed by atoms with Gasteiger partial charge >= 0.3 is 0 Å². The van der Waals surface area contributed by atoms with E-state index in [1.807, 2.05) is 37.3 Å². The Kier molecular flexibility index (Phi) is 3.52. The van der Waals surface area contributed by atoms with Gasteiger partial charge in [-0.3, -0.25) is 0 Å². The maximum atomic E-state index is 8.56. The van der Waals surface area contributed by atoms with Crippen LogP contribution in [0.3, 0.4) is 0 Å². The number of tetrazole rings is 1. The largest absolute Gasteiger partial charge is 0.409 e. The molecule has 7 heteroatoms. The molecular formula is C11H14N6O. The molecule has 0 radical (unpaired) electrons. The van der Waals surface area contributed by atoms with E-state index in [-0.39, 0.29) is 11.8 Å². The van der Waals surface area contributed by atoms with Gasteiger partial charge in [0.25, 0.3) is 0 Å². The number of nitrogens with zero attached hydrogens (tertiary/aromatic N) is 5. The van der Waals surface area contributed by atoms with E-state index in [1.165, 1.54) is 4.80 Å². The Balaban J connectivity index is 2.12. The topological polar surface area (TPSA) is 102 Å². The van der Waals surface area contributed by atoms with Crippen LogP contribution in [0.5, 0.6) is 0 Å². The number of nitrogens with two attached hydrogens (primary N) is 1. The molecule has 0 aliphatic heterocycles. The highest BCUT2D eigenvalue weighted by Gasteiger charge is 2.11. The maximum absolute atomic E-state index is 8.56. The Hall–Kier alpha value is -2.44. The van der Waals surface area contributed by atoms with Crippen LogP contribution in [0.4, 0.5) is 0 Å². The molecule has 0 amide bonds. The molecule has 1 aromatic heterocycles. The minimum absolute atomic E-state index is 0.147. The van der Waals surface area contributed by atoms with Crippen LogP contribution in [-0.2, 0) is 6.54 Å². The van der Waals surface area contributed by atoms with Crippen molar-refractivity contribution in [3.05, 3.63) is 30.3 Å². The number of hydrogen-bond donors (Lipinski definition) is 2. The molecule has 0 fully saturated rings. The summed E-state index contributed by atoms with van der Waals surface area (Å²) in [7, 11) is 0. The van der Waals surface area contributed by atoms with Crippen molar-refractivity contribution < 1.29 is 5.21 Å². The lowest BCUT2D eigenvalue weighted by molar-refractivity contribution is 0.312. The quantitative estimate of drug-likeness (QED) is 0.358. The molecule has 0 saturated carbocycles. The van der Waals surface area contributed by atoms with E-state index in [0.717, 1.165) is 5.56 Å². The smallest absolute Gasteiger partial charge is 0.204 e. The molecule has 1 atom stereocenters. The maximum Gasteiger partial charge on any atom is 0.204 e. The number of amidine groups is 1. The van der Waals surface area contributed by atoms with Gasteiger partial charge in [-0.2, -0.15) is 4.80 Å². The third-order valence-corrected chi connectivity index (χ3v) is 2.54. The summed E-state index contributed by atoms with van der Waals surface area (Å²) in [5, 5.41) is 23.7. The third-order valence-electron chi connectivity index (χ3n) is 2.54. The molecule has 7 nitrogen and oxygen atoms in total. The van der Waals surface area contributed by atoms with Crippen LogP contribution in [0.25, 0.3) is 11.4 Å². The van der Waals surface area contributed by atoms with E-state index in [0.29, 0.717) is 12.4 Å². The standard InChI is InChI=1S/C11H14N6O/c1-8(10(12)15-18)7-17-14-11(13-16-17)9-5-3-2-4-6-9/h2-6,8,18H,7H2,1H3,(H2,12,15). The molecule has 2 rings (SSSR count). The van der Waals surface area contributed by atoms with Gasteiger partial charge in [0.05, 0.1) is 6.54 Å². The van der Waals surface area contributed by atoms with Crippen LogP contribution in [-0.4, -0.2) is 31.3 Å². The molecule has 1 unspecified atom stereocenters. The average molecular weight is 246 g/mol. The van der Waals surface area contributed by atoms with Crippen LogP contribution in [0.15, 0.2) is 35.5 Å². The van der Waals surface area contributed by atoms with Crippen molar-refractivity contribution >= 4 is 5.84 Å². The van der Waals surface area contributed by atoms with Gasteiger partial charge in [-0.25, -0.2) is 0 Å². The monoisotopic (exact) mass is 246 g/mol. The van der Waals surface area contributed by atoms with Gasteiger partial charge in [-0.1, -0.05) is 42.4 Å². The molecule has 0 saturated heterocycles. The Labute approximate surface area is 104 Å². The van der Waals surface area contributed by atoms with E-state index in [4.69, 9.17) is 10.9 Å². The van der Waals surface area contributed by atoms with Crippen LogP contribution in [0.2, 0.25) is 0 Å². The van der Waals surface area contributed by atoms with Crippen molar-refractivity contribution in [3.8, 4) is 11.4 Å². The Morgan fingerprint density at radius 1 is 1.44 bits per heavy atom. The number of rotatable bonds is 4. The molecule has 0 spiro atoms. The first kappa shape index (κ1) is 12.0. The minimum Gasteiger partial charge on any atom is -0.409 e. The molecule has 94 valence electrons. The van der Waals surface area contributed by atoms with Crippen molar-refractivity contribution in [1.29, 1.82) is 0 Å². The molecule has 18 heavy (non-hydrogen) atoms. The fourth-order valence-corrected chi connectivity index (χ4v) is 1.46. The molecule has 0 bridgehead atoms. The van der Waals surface area contributed by atoms with Crippen LogP contribution in [0.1, 0.15) is 6.92 Å². The van der Waals surface area contributed by atoms with E-state index in [2.05, 4.69) is 20.6 Å². The van der Waals surface area contributed by atoms with E-state index in [9.17, 15) is 0 Å². The summed E-state index contributed by atoms with van der Waals surface area (Å²) >= 11 is 0. The summed E-state index contributed by atoms with van der Waals surface area (Å²) in [4.78, 5) is 1.44. The van der Waals surface area contributed by atoms with Crippen LogP contribution in [0, 0.1) is 5.92 Å². The summed E-state index contributed by atoms with van der Waals surface area (Å²) in [6.07, 6.45) is 0. The summed E-state index contributed by atoms with van der Waals surface area (Å²) < 4.78 is 0. The molecular weight excluding hydrogens is 232 g/mol. The lowest BCUT2D eigenvalue weighted by atomic mass is 10.2. The zero-order chi connectivity index (χ0) is 13.0. The zero-order valence-corrected chi connectivity index (χ0v) is 9.93. The second-order valence-electron chi connectivity index (χ2n) is 3.96. The first-order chi connectivity index (χ1) is 8.70. The molecule has 1 aromatic carbocycles. The Morgan fingerprint density at radius 2 is 2.17 bits per heavy atom. The highest BCUT2D eigenvalue weighted by molar-refractivity contribution is 5.81. The Morgan fingerprint density at radius 3 is 2.83 bits per heavy atom. The normalized spacial score (nSPS) is 13.5. The molecule has 0 aliphatic rings. The van der Waals surface area contributed by atoms with Crippen LogP contribution < -0.4 is 5.73 Å². The zero-order valence-electron chi connectivity index (χ0n) is 9.93. The fraction of sp³-hybridized carbons (Fsp3) is 0.273. The van der Waals surface area contributed by atoms with Gasteiger partial charge in [0.1, 0.15) is 5.84 Å². The summed E-state index contributed by atoms with van der Waals surface area (Å²) in [6.45, 7) is 2.23. The second-order valence-corrected chi connectivity index (χ2v) is 3.96. The summed E-state index contributed by atoms with van der Waals surface area (Å²) in [5.41, 5.74) is 6.40. The Bertz CT molecular complexity index is 535. The number of hydrogen-bond acceptors (Lipinski definition) is 5. The highest BCUT2D eigenvalue weighted by atomic mass is 16.4. The molecule has 0 aliphatic carbocycles. The first-order valence-electron chi connectivity index (χ1n) is 5.51. The van der Waals surface area contributed by atoms with Crippen LogP contribution >= 0.6 is 0 Å². The molecule has 3 N–H and O–H groups in total. The predicted molar refractivity (Wildman–Crippen MR) is 65.8 cm³/mol. The lowest BCUT2D eigenvalue weighted by Gasteiger charge is -2.06. The number of oxime groups is 1. The van der Waals surface area contributed by atoms with E-state index >= 15 is 0 Å². The first-order valence-corrected chi connectivity index (χ1v) is 5.51. The van der Waals surface area contributed by atoms with Gasteiger partial charge < -0.3 is 10.9 Å². The highest BCUT2D eigenvalue weighted by Crippen LogP contribution is 2.12. The minimum atomic E-state index is -0.159. The number of benzene rings is 1. The van der Waals surface area contributed by atoms with Crippen molar-refractivity contribution in [1.82, 2.24) is 20.2 Å².